The SMILES string of the molecule is O=C(Cc1ccncc1)NCC1CCCCC1O. The Morgan fingerprint density at radius 1 is 1.33 bits per heavy atom. The maximum atomic E-state index is 11.7. The molecule has 2 N–H and O–H groups in total. The van der Waals surface area contributed by atoms with Crippen molar-refractivity contribution in [1.29, 1.82) is 0 Å². The molecule has 1 fully saturated rings. The molecule has 98 valence electrons. The van der Waals surface area contributed by atoms with Crippen molar-refractivity contribution in [2.24, 2.45) is 5.92 Å². The fourth-order valence-electron chi connectivity index (χ4n) is 2.42. The zero-order valence-electron chi connectivity index (χ0n) is 10.5. The van der Waals surface area contributed by atoms with Crippen molar-refractivity contribution in [2.75, 3.05) is 6.54 Å². The molecule has 0 bridgehead atoms. The number of carbonyl (C=O) groups is 1. The summed E-state index contributed by atoms with van der Waals surface area (Å²) in [6.07, 6.45) is 7.64. The largest absolute Gasteiger partial charge is 0.393 e. The molecule has 0 spiro atoms. The predicted octanol–water partition coefficient (Wildman–Crippen LogP) is 1.29. The molecule has 18 heavy (non-hydrogen) atoms. The summed E-state index contributed by atoms with van der Waals surface area (Å²) in [5.41, 5.74) is 0.965. The number of pyridine rings is 1. The number of aliphatic hydroxyl groups is 1. The Kier molecular flexibility index (Phi) is 4.70. The summed E-state index contributed by atoms with van der Waals surface area (Å²) in [5, 5.41) is 12.7. The lowest BCUT2D eigenvalue weighted by Crippen LogP contribution is -2.37. The van der Waals surface area contributed by atoms with E-state index in [2.05, 4.69) is 10.3 Å². The Morgan fingerprint density at radius 2 is 2.06 bits per heavy atom. The number of carbonyl (C=O) groups excluding carboxylic acids is 1. The lowest BCUT2D eigenvalue weighted by atomic mass is 9.86. The summed E-state index contributed by atoms with van der Waals surface area (Å²) in [6, 6.07) is 3.68. The molecule has 1 heterocycles. The molecular formula is C14H20N2O2. The zero-order valence-corrected chi connectivity index (χ0v) is 10.5. The van der Waals surface area contributed by atoms with E-state index in [0.717, 1.165) is 31.2 Å². The third-order valence-electron chi connectivity index (χ3n) is 3.54. The summed E-state index contributed by atoms with van der Waals surface area (Å²) in [6.45, 7) is 0.588. The monoisotopic (exact) mass is 248 g/mol. The molecule has 0 aromatic carbocycles. The molecule has 0 saturated heterocycles. The van der Waals surface area contributed by atoms with Crippen molar-refractivity contribution in [1.82, 2.24) is 10.3 Å². The molecule has 2 rings (SSSR count). The van der Waals surface area contributed by atoms with Crippen LogP contribution in [0.3, 0.4) is 0 Å². The third kappa shape index (κ3) is 3.81. The maximum Gasteiger partial charge on any atom is 0.224 e. The van der Waals surface area contributed by atoms with Gasteiger partial charge in [-0.15, -0.1) is 0 Å². The van der Waals surface area contributed by atoms with Crippen LogP contribution in [0, 0.1) is 5.92 Å². The van der Waals surface area contributed by atoms with Crippen LogP contribution < -0.4 is 5.32 Å². The fourth-order valence-corrected chi connectivity index (χ4v) is 2.42. The van der Waals surface area contributed by atoms with Gasteiger partial charge < -0.3 is 10.4 Å². The van der Waals surface area contributed by atoms with Crippen LogP contribution in [0.25, 0.3) is 0 Å². The summed E-state index contributed by atoms with van der Waals surface area (Å²) in [4.78, 5) is 15.7. The number of aromatic nitrogens is 1. The van der Waals surface area contributed by atoms with Crippen LogP contribution in [-0.2, 0) is 11.2 Å². The molecule has 0 aliphatic heterocycles. The van der Waals surface area contributed by atoms with E-state index in [0.29, 0.717) is 13.0 Å². The van der Waals surface area contributed by atoms with Gasteiger partial charge in [0.15, 0.2) is 0 Å². The molecule has 4 heteroatoms. The lowest BCUT2D eigenvalue weighted by Gasteiger charge is -2.27. The normalized spacial score (nSPS) is 23.6. The molecule has 1 saturated carbocycles. The molecule has 2 unspecified atom stereocenters. The molecule has 1 aliphatic carbocycles. The first-order valence-electron chi connectivity index (χ1n) is 6.59. The highest BCUT2D eigenvalue weighted by Crippen LogP contribution is 2.23. The number of aliphatic hydroxyl groups excluding tert-OH is 1. The van der Waals surface area contributed by atoms with Crippen molar-refractivity contribution in [3.63, 3.8) is 0 Å². The molecule has 1 aromatic heterocycles. The molecule has 1 aromatic rings. The van der Waals surface area contributed by atoms with Gasteiger partial charge in [-0.1, -0.05) is 12.8 Å². The van der Waals surface area contributed by atoms with Crippen LogP contribution in [0.1, 0.15) is 31.2 Å². The van der Waals surface area contributed by atoms with Gasteiger partial charge in [-0.05, 0) is 30.5 Å². The van der Waals surface area contributed by atoms with Crippen molar-refractivity contribution in [3.8, 4) is 0 Å². The van der Waals surface area contributed by atoms with Gasteiger partial charge in [0, 0.05) is 24.9 Å². The summed E-state index contributed by atoms with van der Waals surface area (Å²) >= 11 is 0. The second kappa shape index (κ2) is 6.50. The van der Waals surface area contributed by atoms with E-state index >= 15 is 0 Å². The van der Waals surface area contributed by atoms with E-state index in [1.54, 1.807) is 12.4 Å². The standard InChI is InChI=1S/C14H20N2O2/c17-13-4-2-1-3-12(13)10-16-14(18)9-11-5-7-15-8-6-11/h5-8,12-13,17H,1-4,9-10H2,(H,16,18). The van der Waals surface area contributed by atoms with Crippen molar-refractivity contribution < 1.29 is 9.90 Å². The third-order valence-corrected chi connectivity index (χ3v) is 3.54. The number of hydrogen-bond donors (Lipinski definition) is 2. The fraction of sp³-hybridized carbons (Fsp3) is 0.571. The minimum Gasteiger partial charge on any atom is -0.393 e. The van der Waals surface area contributed by atoms with Crippen LogP contribution in [0.15, 0.2) is 24.5 Å². The van der Waals surface area contributed by atoms with Crippen LogP contribution in [-0.4, -0.2) is 28.6 Å². The Bertz CT molecular complexity index is 381. The van der Waals surface area contributed by atoms with Crippen LogP contribution in [0.2, 0.25) is 0 Å². The van der Waals surface area contributed by atoms with Gasteiger partial charge >= 0.3 is 0 Å². The quantitative estimate of drug-likeness (QED) is 0.844. The first-order chi connectivity index (χ1) is 8.75. The summed E-state index contributed by atoms with van der Waals surface area (Å²) in [7, 11) is 0. The van der Waals surface area contributed by atoms with E-state index in [-0.39, 0.29) is 17.9 Å². The zero-order chi connectivity index (χ0) is 12.8. The minimum absolute atomic E-state index is 0.0129. The van der Waals surface area contributed by atoms with Gasteiger partial charge in [0.05, 0.1) is 12.5 Å². The van der Waals surface area contributed by atoms with Crippen LogP contribution in [0.4, 0.5) is 0 Å². The Hall–Kier alpha value is -1.42. The first-order valence-corrected chi connectivity index (χ1v) is 6.59. The summed E-state index contributed by atoms with van der Waals surface area (Å²) in [5.74, 6) is 0.235. The van der Waals surface area contributed by atoms with Crippen LogP contribution >= 0.6 is 0 Å². The average molecular weight is 248 g/mol. The van der Waals surface area contributed by atoms with E-state index < -0.39 is 0 Å². The van der Waals surface area contributed by atoms with Crippen molar-refractivity contribution in [2.45, 2.75) is 38.2 Å². The molecular weight excluding hydrogens is 228 g/mol. The molecule has 0 radical (unpaired) electrons. The molecule has 2 atom stereocenters. The smallest absolute Gasteiger partial charge is 0.224 e. The van der Waals surface area contributed by atoms with Gasteiger partial charge in [0.2, 0.25) is 5.91 Å². The number of hydrogen-bond acceptors (Lipinski definition) is 3. The average Bonchev–Trinajstić information content (AvgIpc) is 2.39. The number of rotatable bonds is 4. The van der Waals surface area contributed by atoms with Crippen LogP contribution in [0.5, 0.6) is 0 Å². The number of nitrogens with zero attached hydrogens (tertiary/aromatic N) is 1. The summed E-state index contributed by atoms with van der Waals surface area (Å²) < 4.78 is 0. The Balaban J connectivity index is 1.74. The highest BCUT2D eigenvalue weighted by Gasteiger charge is 2.23. The molecule has 1 amide bonds. The van der Waals surface area contributed by atoms with E-state index in [9.17, 15) is 9.90 Å². The van der Waals surface area contributed by atoms with E-state index in [4.69, 9.17) is 0 Å². The lowest BCUT2D eigenvalue weighted by molar-refractivity contribution is -0.120. The minimum atomic E-state index is -0.250. The van der Waals surface area contributed by atoms with Gasteiger partial charge in [-0.2, -0.15) is 0 Å². The number of nitrogens with one attached hydrogen (secondary N) is 1. The highest BCUT2D eigenvalue weighted by molar-refractivity contribution is 5.78. The van der Waals surface area contributed by atoms with Gasteiger partial charge in [-0.3, -0.25) is 9.78 Å². The van der Waals surface area contributed by atoms with Crippen molar-refractivity contribution >= 4 is 5.91 Å². The van der Waals surface area contributed by atoms with Gasteiger partial charge in [0.1, 0.15) is 0 Å². The maximum absolute atomic E-state index is 11.7. The first kappa shape index (κ1) is 13.0. The Labute approximate surface area is 107 Å². The van der Waals surface area contributed by atoms with E-state index in [1.165, 1.54) is 0 Å². The second-order valence-corrected chi connectivity index (χ2v) is 4.95. The van der Waals surface area contributed by atoms with Crippen molar-refractivity contribution in [3.05, 3.63) is 30.1 Å². The van der Waals surface area contributed by atoms with Gasteiger partial charge in [0.25, 0.3) is 0 Å². The van der Waals surface area contributed by atoms with Gasteiger partial charge in [-0.25, -0.2) is 0 Å². The number of amides is 1. The second-order valence-electron chi connectivity index (χ2n) is 4.95. The Morgan fingerprint density at radius 3 is 2.78 bits per heavy atom. The van der Waals surface area contributed by atoms with E-state index in [1.807, 2.05) is 12.1 Å². The molecule has 4 nitrogen and oxygen atoms in total. The highest BCUT2D eigenvalue weighted by atomic mass is 16.3. The topological polar surface area (TPSA) is 62.2 Å². The predicted molar refractivity (Wildman–Crippen MR) is 68.9 cm³/mol. The molecule has 1 aliphatic rings.